The number of fused-ring (bicyclic) bond motifs is 1. The van der Waals surface area contributed by atoms with E-state index in [0.717, 1.165) is 18.1 Å². The number of aliphatic hydroxyl groups excluding tert-OH is 1. The second-order valence-corrected chi connectivity index (χ2v) is 5.33. The number of rotatable bonds is 3. The summed E-state index contributed by atoms with van der Waals surface area (Å²) in [6.07, 6.45) is 3.10. The molecule has 0 saturated carbocycles. The summed E-state index contributed by atoms with van der Waals surface area (Å²) in [5.74, 6) is 0. The molecule has 2 rings (SSSR count). The number of benzene rings is 1. The van der Waals surface area contributed by atoms with Crippen molar-refractivity contribution in [3.05, 3.63) is 29.3 Å². The molecule has 0 spiro atoms. The molecule has 0 amide bonds. The molecular formula is C12H16OS. The molecule has 76 valence electrons. The van der Waals surface area contributed by atoms with Crippen LogP contribution in [-0.2, 0) is 12.8 Å². The fourth-order valence-electron chi connectivity index (χ4n) is 2.00. The van der Waals surface area contributed by atoms with Crippen LogP contribution in [0.3, 0.4) is 0 Å². The Morgan fingerprint density at radius 2 is 2.36 bits per heavy atom. The van der Waals surface area contributed by atoms with Crippen LogP contribution in [-0.4, -0.2) is 17.0 Å². The first-order valence-electron chi connectivity index (χ1n) is 5.19. The van der Waals surface area contributed by atoms with Crippen LogP contribution in [0.5, 0.6) is 0 Å². The van der Waals surface area contributed by atoms with Crippen molar-refractivity contribution in [2.45, 2.75) is 36.3 Å². The van der Waals surface area contributed by atoms with Crippen molar-refractivity contribution in [2.75, 3.05) is 6.61 Å². The second kappa shape index (κ2) is 4.37. The third-order valence-electron chi connectivity index (χ3n) is 2.65. The van der Waals surface area contributed by atoms with Gasteiger partial charge >= 0.3 is 0 Å². The van der Waals surface area contributed by atoms with Crippen molar-refractivity contribution in [2.24, 2.45) is 0 Å². The lowest BCUT2D eigenvalue weighted by molar-refractivity contribution is 0.288. The highest BCUT2D eigenvalue weighted by molar-refractivity contribution is 8.00. The van der Waals surface area contributed by atoms with E-state index in [0.29, 0.717) is 6.61 Å². The van der Waals surface area contributed by atoms with E-state index in [1.807, 2.05) is 11.8 Å². The highest BCUT2D eigenvalue weighted by Gasteiger charge is 2.20. The van der Waals surface area contributed by atoms with Crippen molar-refractivity contribution in [3.63, 3.8) is 0 Å². The standard InChI is InChI=1S/C12H16OS/c1-9-8-11-10(5-3-7-13)4-2-6-12(11)14-9/h2,4,6,9,13H,3,5,7-8H2,1H3. The zero-order valence-electron chi connectivity index (χ0n) is 8.49. The maximum atomic E-state index is 8.82. The monoisotopic (exact) mass is 208 g/mol. The zero-order valence-corrected chi connectivity index (χ0v) is 9.31. The lowest BCUT2D eigenvalue weighted by Crippen LogP contribution is -1.98. The molecular weight excluding hydrogens is 192 g/mol. The van der Waals surface area contributed by atoms with Gasteiger partial charge in [-0.2, -0.15) is 0 Å². The first-order valence-corrected chi connectivity index (χ1v) is 6.07. The Kier molecular flexibility index (Phi) is 3.14. The van der Waals surface area contributed by atoms with Crippen LogP contribution >= 0.6 is 11.8 Å². The van der Waals surface area contributed by atoms with Crippen molar-refractivity contribution in [1.82, 2.24) is 0 Å². The Hall–Kier alpha value is -0.470. The number of aryl methyl sites for hydroxylation is 1. The molecule has 0 radical (unpaired) electrons. The van der Waals surface area contributed by atoms with Gasteiger partial charge in [-0.3, -0.25) is 0 Å². The minimum absolute atomic E-state index is 0.298. The van der Waals surface area contributed by atoms with Crippen molar-refractivity contribution < 1.29 is 5.11 Å². The van der Waals surface area contributed by atoms with Crippen molar-refractivity contribution in [3.8, 4) is 0 Å². The summed E-state index contributed by atoms with van der Waals surface area (Å²) in [6.45, 7) is 2.58. The van der Waals surface area contributed by atoms with Gasteiger partial charge in [0.15, 0.2) is 0 Å². The summed E-state index contributed by atoms with van der Waals surface area (Å²) in [6, 6.07) is 6.55. The van der Waals surface area contributed by atoms with Gasteiger partial charge in [0.2, 0.25) is 0 Å². The maximum Gasteiger partial charge on any atom is 0.0434 e. The molecule has 1 aromatic rings. The van der Waals surface area contributed by atoms with Gasteiger partial charge < -0.3 is 5.11 Å². The van der Waals surface area contributed by atoms with E-state index in [4.69, 9.17) is 5.11 Å². The Balaban J connectivity index is 2.21. The third kappa shape index (κ3) is 1.96. The van der Waals surface area contributed by atoms with E-state index in [-0.39, 0.29) is 0 Å². The highest BCUT2D eigenvalue weighted by atomic mass is 32.2. The summed E-state index contributed by atoms with van der Waals surface area (Å²) in [7, 11) is 0. The van der Waals surface area contributed by atoms with E-state index < -0.39 is 0 Å². The SMILES string of the molecule is CC1Cc2c(CCCO)cccc2S1. The molecule has 0 fully saturated rings. The van der Waals surface area contributed by atoms with Crippen LogP contribution in [0.25, 0.3) is 0 Å². The van der Waals surface area contributed by atoms with Crippen LogP contribution < -0.4 is 0 Å². The Morgan fingerprint density at radius 3 is 3.14 bits per heavy atom. The molecule has 1 N–H and O–H groups in total. The molecule has 0 aromatic heterocycles. The zero-order chi connectivity index (χ0) is 9.97. The third-order valence-corrected chi connectivity index (χ3v) is 3.86. The Morgan fingerprint density at radius 1 is 1.50 bits per heavy atom. The lowest BCUT2D eigenvalue weighted by Gasteiger charge is -2.06. The molecule has 0 bridgehead atoms. The Bertz CT molecular complexity index is 322. The van der Waals surface area contributed by atoms with E-state index in [1.165, 1.54) is 22.4 Å². The first-order chi connectivity index (χ1) is 6.81. The molecule has 1 aromatic carbocycles. The number of hydrogen-bond donors (Lipinski definition) is 1. The summed E-state index contributed by atoms with van der Waals surface area (Å²) in [5, 5.41) is 9.55. The van der Waals surface area contributed by atoms with Crippen molar-refractivity contribution in [1.29, 1.82) is 0 Å². The van der Waals surface area contributed by atoms with Crippen LogP contribution in [0.1, 0.15) is 24.5 Å². The fraction of sp³-hybridized carbons (Fsp3) is 0.500. The smallest absolute Gasteiger partial charge is 0.0434 e. The fourth-order valence-corrected chi connectivity index (χ4v) is 3.20. The normalized spacial score (nSPS) is 19.7. The maximum absolute atomic E-state index is 8.82. The average molecular weight is 208 g/mol. The quantitative estimate of drug-likeness (QED) is 0.824. The Labute approximate surface area is 89.5 Å². The van der Waals surface area contributed by atoms with E-state index in [1.54, 1.807) is 0 Å². The molecule has 1 aliphatic rings. The highest BCUT2D eigenvalue weighted by Crippen LogP contribution is 2.38. The molecule has 2 heteroatoms. The largest absolute Gasteiger partial charge is 0.396 e. The summed E-state index contributed by atoms with van der Waals surface area (Å²) >= 11 is 1.98. The van der Waals surface area contributed by atoms with Crippen LogP contribution in [0.2, 0.25) is 0 Å². The molecule has 1 aliphatic heterocycles. The average Bonchev–Trinajstić information content (AvgIpc) is 2.55. The second-order valence-electron chi connectivity index (χ2n) is 3.85. The summed E-state index contributed by atoms with van der Waals surface area (Å²) < 4.78 is 0. The van der Waals surface area contributed by atoms with Crippen LogP contribution in [0.4, 0.5) is 0 Å². The molecule has 1 unspecified atom stereocenters. The lowest BCUT2D eigenvalue weighted by atomic mass is 10.00. The number of hydrogen-bond acceptors (Lipinski definition) is 2. The summed E-state index contributed by atoms with van der Waals surface area (Å²) in [4.78, 5) is 1.45. The topological polar surface area (TPSA) is 20.2 Å². The van der Waals surface area contributed by atoms with Gasteiger partial charge in [0, 0.05) is 16.8 Å². The number of thioether (sulfide) groups is 1. The summed E-state index contributed by atoms with van der Waals surface area (Å²) in [5.41, 5.74) is 2.96. The van der Waals surface area contributed by atoms with Gasteiger partial charge in [-0.05, 0) is 36.5 Å². The van der Waals surface area contributed by atoms with Gasteiger partial charge in [0.05, 0.1) is 0 Å². The van der Waals surface area contributed by atoms with E-state index >= 15 is 0 Å². The predicted molar refractivity (Wildman–Crippen MR) is 60.9 cm³/mol. The van der Waals surface area contributed by atoms with E-state index in [9.17, 15) is 0 Å². The van der Waals surface area contributed by atoms with Gasteiger partial charge in [-0.1, -0.05) is 19.1 Å². The molecule has 1 nitrogen and oxygen atoms in total. The van der Waals surface area contributed by atoms with Gasteiger partial charge in [0.25, 0.3) is 0 Å². The van der Waals surface area contributed by atoms with Crippen LogP contribution in [0, 0.1) is 0 Å². The van der Waals surface area contributed by atoms with Crippen LogP contribution in [0.15, 0.2) is 23.1 Å². The molecule has 14 heavy (non-hydrogen) atoms. The number of aliphatic hydroxyl groups is 1. The first kappa shape index (κ1) is 10.1. The van der Waals surface area contributed by atoms with E-state index in [2.05, 4.69) is 25.1 Å². The molecule has 0 aliphatic carbocycles. The van der Waals surface area contributed by atoms with Crippen molar-refractivity contribution >= 4 is 11.8 Å². The molecule has 1 heterocycles. The minimum Gasteiger partial charge on any atom is -0.396 e. The van der Waals surface area contributed by atoms with Gasteiger partial charge in [0.1, 0.15) is 0 Å². The predicted octanol–water partition coefficient (Wildman–Crippen LogP) is 2.65. The van der Waals surface area contributed by atoms with Gasteiger partial charge in [-0.15, -0.1) is 11.8 Å². The molecule has 0 saturated heterocycles. The minimum atomic E-state index is 0.298. The van der Waals surface area contributed by atoms with Gasteiger partial charge in [-0.25, -0.2) is 0 Å². The molecule has 1 atom stereocenters.